The molecule has 0 aliphatic heterocycles. The van der Waals surface area contributed by atoms with E-state index in [1.54, 1.807) is 0 Å². The topological polar surface area (TPSA) is 32.3 Å². The van der Waals surface area contributed by atoms with Crippen LogP contribution in [0.1, 0.15) is 44.2 Å². The monoisotopic (exact) mass is 233 g/mol. The number of rotatable bonds is 4. The summed E-state index contributed by atoms with van der Waals surface area (Å²) in [5, 5.41) is 12.8. The lowest BCUT2D eigenvalue weighted by Crippen LogP contribution is -2.37. The molecule has 1 saturated carbocycles. The Balaban J connectivity index is 1.93. The molecule has 1 aliphatic carbocycles. The summed E-state index contributed by atoms with van der Waals surface area (Å²) in [4.78, 5) is 0. The molecule has 1 aromatic rings. The van der Waals surface area contributed by atoms with Crippen LogP contribution < -0.4 is 5.32 Å². The third kappa shape index (κ3) is 3.08. The van der Waals surface area contributed by atoms with Crippen LogP contribution >= 0.6 is 0 Å². The van der Waals surface area contributed by atoms with Gasteiger partial charge in [-0.05, 0) is 29.4 Å². The predicted octanol–water partition coefficient (Wildman–Crippen LogP) is 2.85. The van der Waals surface area contributed by atoms with Gasteiger partial charge >= 0.3 is 0 Å². The summed E-state index contributed by atoms with van der Waals surface area (Å²) in [6, 6.07) is 8.80. The van der Waals surface area contributed by atoms with Gasteiger partial charge in [-0.2, -0.15) is 0 Å². The standard InChI is InChI=1S/C15H23NO/c1-15(2)8-4-7-14(15)16-10-12-5-3-6-13(9-12)11-17/h3,5-6,9,14,16-17H,4,7-8,10-11H2,1-2H3/t14-/m0/s1. The van der Waals surface area contributed by atoms with E-state index in [1.165, 1.54) is 24.8 Å². The minimum atomic E-state index is 0.128. The van der Waals surface area contributed by atoms with Crippen molar-refractivity contribution in [2.45, 2.75) is 52.3 Å². The molecule has 0 amide bonds. The Kier molecular flexibility index (Phi) is 3.85. The van der Waals surface area contributed by atoms with Gasteiger partial charge in [0.25, 0.3) is 0 Å². The maximum absolute atomic E-state index is 9.10. The fourth-order valence-electron chi connectivity index (χ4n) is 2.78. The molecule has 0 saturated heterocycles. The van der Waals surface area contributed by atoms with Crippen molar-refractivity contribution in [1.82, 2.24) is 5.32 Å². The molecule has 1 aliphatic rings. The van der Waals surface area contributed by atoms with Gasteiger partial charge in [0.2, 0.25) is 0 Å². The minimum absolute atomic E-state index is 0.128. The Bertz CT molecular complexity index is 373. The number of benzene rings is 1. The highest BCUT2D eigenvalue weighted by Gasteiger charge is 2.33. The van der Waals surface area contributed by atoms with Gasteiger partial charge in [0.1, 0.15) is 0 Å². The zero-order valence-electron chi connectivity index (χ0n) is 10.9. The average molecular weight is 233 g/mol. The molecule has 2 N–H and O–H groups in total. The van der Waals surface area contributed by atoms with E-state index in [1.807, 2.05) is 12.1 Å². The van der Waals surface area contributed by atoms with Crippen LogP contribution in [0.25, 0.3) is 0 Å². The highest BCUT2D eigenvalue weighted by Crippen LogP contribution is 2.37. The molecule has 0 radical (unpaired) electrons. The van der Waals surface area contributed by atoms with E-state index in [4.69, 9.17) is 5.11 Å². The molecule has 2 heteroatoms. The van der Waals surface area contributed by atoms with Crippen molar-refractivity contribution in [3.63, 3.8) is 0 Å². The molecule has 0 heterocycles. The predicted molar refractivity (Wildman–Crippen MR) is 70.6 cm³/mol. The Morgan fingerprint density at radius 3 is 2.76 bits per heavy atom. The van der Waals surface area contributed by atoms with E-state index in [9.17, 15) is 0 Å². The van der Waals surface area contributed by atoms with Crippen LogP contribution in [-0.2, 0) is 13.2 Å². The first-order chi connectivity index (χ1) is 8.12. The van der Waals surface area contributed by atoms with Crippen molar-refractivity contribution < 1.29 is 5.11 Å². The average Bonchev–Trinajstić information content (AvgIpc) is 2.66. The zero-order valence-corrected chi connectivity index (χ0v) is 10.9. The maximum atomic E-state index is 9.10. The van der Waals surface area contributed by atoms with Gasteiger partial charge in [0, 0.05) is 12.6 Å². The molecule has 1 aromatic carbocycles. The molecule has 1 atom stereocenters. The first-order valence-electron chi connectivity index (χ1n) is 6.54. The van der Waals surface area contributed by atoms with Crippen LogP contribution in [-0.4, -0.2) is 11.1 Å². The zero-order chi connectivity index (χ0) is 12.3. The molecule has 0 aromatic heterocycles. The molecule has 1 fully saturated rings. The summed E-state index contributed by atoms with van der Waals surface area (Å²) < 4.78 is 0. The number of aliphatic hydroxyl groups is 1. The van der Waals surface area contributed by atoms with Gasteiger partial charge in [-0.15, -0.1) is 0 Å². The second-order valence-electron chi connectivity index (χ2n) is 5.79. The van der Waals surface area contributed by atoms with Gasteiger partial charge in [-0.3, -0.25) is 0 Å². The van der Waals surface area contributed by atoms with E-state index < -0.39 is 0 Å². The van der Waals surface area contributed by atoms with Crippen LogP contribution in [0.5, 0.6) is 0 Å². The van der Waals surface area contributed by atoms with E-state index in [0.29, 0.717) is 11.5 Å². The molecule has 0 spiro atoms. The van der Waals surface area contributed by atoms with Crippen LogP contribution in [0, 0.1) is 5.41 Å². The third-order valence-corrected chi connectivity index (χ3v) is 3.98. The normalized spacial score (nSPS) is 22.9. The summed E-state index contributed by atoms with van der Waals surface area (Å²) >= 11 is 0. The quantitative estimate of drug-likeness (QED) is 0.838. The van der Waals surface area contributed by atoms with Crippen molar-refractivity contribution in [2.75, 3.05) is 0 Å². The summed E-state index contributed by atoms with van der Waals surface area (Å²) in [6.07, 6.45) is 3.94. The number of nitrogens with one attached hydrogen (secondary N) is 1. The Morgan fingerprint density at radius 2 is 2.12 bits per heavy atom. The van der Waals surface area contributed by atoms with E-state index in [0.717, 1.165) is 12.1 Å². The molecular weight excluding hydrogens is 210 g/mol. The SMILES string of the molecule is CC1(C)CCC[C@@H]1NCc1cccc(CO)c1. The van der Waals surface area contributed by atoms with Gasteiger partial charge in [0.15, 0.2) is 0 Å². The first kappa shape index (κ1) is 12.6. The molecular formula is C15H23NO. The van der Waals surface area contributed by atoms with Crippen molar-refractivity contribution in [1.29, 1.82) is 0 Å². The molecule has 2 nitrogen and oxygen atoms in total. The van der Waals surface area contributed by atoms with Crippen LogP contribution in [0.4, 0.5) is 0 Å². The van der Waals surface area contributed by atoms with E-state index >= 15 is 0 Å². The van der Waals surface area contributed by atoms with Gasteiger partial charge in [0.05, 0.1) is 6.61 Å². The lowest BCUT2D eigenvalue weighted by molar-refractivity contribution is 0.279. The summed E-state index contributed by atoms with van der Waals surface area (Å²) in [5.74, 6) is 0. The highest BCUT2D eigenvalue weighted by atomic mass is 16.3. The number of hydrogen-bond donors (Lipinski definition) is 2. The highest BCUT2D eigenvalue weighted by molar-refractivity contribution is 5.22. The van der Waals surface area contributed by atoms with Gasteiger partial charge < -0.3 is 10.4 Å². The third-order valence-electron chi connectivity index (χ3n) is 3.98. The maximum Gasteiger partial charge on any atom is 0.0681 e. The lowest BCUT2D eigenvalue weighted by Gasteiger charge is -2.28. The van der Waals surface area contributed by atoms with Crippen molar-refractivity contribution in [3.05, 3.63) is 35.4 Å². The van der Waals surface area contributed by atoms with Crippen molar-refractivity contribution in [2.24, 2.45) is 5.41 Å². The second-order valence-corrected chi connectivity index (χ2v) is 5.79. The van der Waals surface area contributed by atoms with E-state index in [-0.39, 0.29) is 6.61 Å². The number of hydrogen-bond acceptors (Lipinski definition) is 2. The second kappa shape index (κ2) is 5.19. The molecule has 0 bridgehead atoms. The fraction of sp³-hybridized carbons (Fsp3) is 0.600. The van der Waals surface area contributed by atoms with Crippen LogP contribution in [0.3, 0.4) is 0 Å². The molecule has 17 heavy (non-hydrogen) atoms. The van der Waals surface area contributed by atoms with E-state index in [2.05, 4.69) is 31.3 Å². The van der Waals surface area contributed by atoms with Gasteiger partial charge in [-0.25, -0.2) is 0 Å². The molecule has 0 unspecified atom stereocenters. The molecule has 94 valence electrons. The van der Waals surface area contributed by atoms with Crippen molar-refractivity contribution >= 4 is 0 Å². The van der Waals surface area contributed by atoms with Crippen molar-refractivity contribution in [3.8, 4) is 0 Å². The largest absolute Gasteiger partial charge is 0.392 e. The Morgan fingerprint density at radius 1 is 1.35 bits per heavy atom. The van der Waals surface area contributed by atoms with Gasteiger partial charge in [-0.1, -0.05) is 44.5 Å². The summed E-state index contributed by atoms with van der Waals surface area (Å²) in [5.41, 5.74) is 2.68. The molecule has 2 rings (SSSR count). The Labute approximate surface area is 104 Å². The lowest BCUT2D eigenvalue weighted by atomic mass is 9.87. The first-order valence-corrected chi connectivity index (χ1v) is 6.54. The Hall–Kier alpha value is -0.860. The smallest absolute Gasteiger partial charge is 0.0681 e. The minimum Gasteiger partial charge on any atom is -0.392 e. The summed E-state index contributed by atoms with van der Waals surface area (Å²) in [6.45, 7) is 5.73. The summed E-state index contributed by atoms with van der Waals surface area (Å²) in [7, 11) is 0. The number of aliphatic hydroxyl groups excluding tert-OH is 1. The van der Waals surface area contributed by atoms with Crippen LogP contribution in [0.2, 0.25) is 0 Å². The van der Waals surface area contributed by atoms with Crippen LogP contribution in [0.15, 0.2) is 24.3 Å². The fourth-order valence-corrected chi connectivity index (χ4v) is 2.78.